The van der Waals surface area contributed by atoms with E-state index in [1.807, 2.05) is 0 Å². The number of nitrogens with one attached hydrogen (secondary N) is 2. The van der Waals surface area contributed by atoms with Crippen LogP contribution in [0.25, 0.3) is 0 Å². The molecule has 4 aliphatic rings. The number of halogens is 2. The van der Waals surface area contributed by atoms with Crippen LogP contribution in [0.3, 0.4) is 0 Å². The van der Waals surface area contributed by atoms with Gasteiger partial charge in [-0.15, -0.1) is 0 Å². The lowest BCUT2D eigenvalue weighted by Gasteiger charge is -2.42. The van der Waals surface area contributed by atoms with E-state index in [0.29, 0.717) is 42.9 Å². The van der Waals surface area contributed by atoms with Crippen molar-refractivity contribution in [3.63, 3.8) is 0 Å². The first-order chi connectivity index (χ1) is 14.4. The fourth-order valence-corrected chi connectivity index (χ4v) is 8.32. The van der Waals surface area contributed by atoms with Crippen LogP contribution in [0.15, 0.2) is 18.2 Å². The van der Waals surface area contributed by atoms with Crippen molar-refractivity contribution in [3.8, 4) is 0 Å². The second-order valence-electron chi connectivity index (χ2n) is 9.51. The highest BCUT2D eigenvalue weighted by molar-refractivity contribution is 7.71. The van der Waals surface area contributed by atoms with E-state index in [2.05, 4.69) is 15.8 Å². The number of hydrazine groups is 1. The summed E-state index contributed by atoms with van der Waals surface area (Å²) < 4.78 is 42.2. The van der Waals surface area contributed by atoms with Gasteiger partial charge in [-0.05, 0) is 62.1 Å². The van der Waals surface area contributed by atoms with Crippen molar-refractivity contribution in [2.24, 2.45) is 11.8 Å². The lowest BCUT2D eigenvalue weighted by Crippen LogP contribution is -2.60. The van der Waals surface area contributed by atoms with E-state index in [1.54, 1.807) is 12.1 Å². The summed E-state index contributed by atoms with van der Waals surface area (Å²) in [5, 5.41) is 0.388. The molecule has 164 valence electrons. The lowest BCUT2D eigenvalue weighted by atomic mass is 9.72. The van der Waals surface area contributed by atoms with Gasteiger partial charge >= 0.3 is 0 Å². The van der Waals surface area contributed by atoms with Crippen molar-refractivity contribution in [1.29, 1.82) is 0 Å². The van der Waals surface area contributed by atoms with Gasteiger partial charge < -0.3 is 4.57 Å². The van der Waals surface area contributed by atoms with Gasteiger partial charge in [0.1, 0.15) is 19.1 Å². The summed E-state index contributed by atoms with van der Waals surface area (Å²) in [4.78, 5) is 14.6. The minimum Gasteiger partial charge on any atom is -0.318 e. The Bertz CT molecular complexity index is 866. The molecule has 2 aliphatic heterocycles. The molecule has 8 heteroatoms. The predicted octanol–water partition coefficient (Wildman–Crippen LogP) is 2.59. The first kappa shape index (κ1) is 20.6. The summed E-state index contributed by atoms with van der Waals surface area (Å²) in [6.07, 6.45) is 4.65. The molecule has 5 nitrogen and oxygen atoms in total. The number of hydrogen-bond acceptors (Lipinski definition) is 4. The topological polar surface area (TPSA) is 61.4 Å². The number of benzene rings is 1. The number of nitrogens with zero attached hydrogens (tertiary/aromatic N) is 1. The number of carbonyl (C=O) groups excluding carboxylic acids is 1. The van der Waals surface area contributed by atoms with E-state index in [4.69, 9.17) is 0 Å². The Labute approximate surface area is 176 Å². The first-order valence-electron chi connectivity index (χ1n) is 11.2. The van der Waals surface area contributed by atoms with Crippen molar-refractivity contribution in [2.75, 3.05) is 25.4 Å². The number of alkyl halides is 1. The van der Waals surface area contributed by atoms with Gasteiger partial charge in [0, 0.05) is 48.7 Å². The lowest BCUT2D eigenvalue weighted by molar-refractivity contribution is -0.134. The number of carbonyl (C=O) groups is 1. The van der Waals surface area contributed by atoms with Gasteiger partial charge in [0.2, 0.25) is 5.91 Å². The van der Waals surface area contributed by atoms with Crippen LogP contribution in [-0.4, -0.2) is 54.5 Å². The minimum atomic E-state index is -2.74. The van der Waals surface area contributed by atoms with E-state index in [1.165, 1.54) is 18.9 Å². The van der Waals surface area contributed by atoms with Gasteiger partial charge in [0.15, 0.2) is 0 Å². The summed E-state index contributed by atoms with van der Waals surface area (Å²) in [6, 6.07) is 5.59. The van der Waals surface area contributed by atoms with Crippen LogP contribution in [0.5, 0.6) is 0 Å². The molecule has 4 fully saturated rings. The summed E-state index contributed by atoms with van der Waals surface area (Å²) >= 11 is 0. The maximum Gasteiger partial charge on any atom is 0.237 e. The highest BCUT2D eigenvalue weighted by Gasteiger charge is 2.43. The van der Waals surface area contributed by atoms with Crippen molar-refractivity contribution in [2.45, 2.75) is 56.8 Å². The third-order valence-electron chi connectivity index (χ3n) is 7.54. The molecule has 1 amide bonds. The SMILES string of the molecule is O=C1NNC(Cc2ccc(F)c(P3(=O)CCN(C4CC4)CC3)c2)C2CCC(F)CC12. The van der Waals surface area contributed by atoms with Crippen LogP contribution in [0, 0.1) is 17.7 Å². The second-order valence-corrected chi connectivity index (χ2v) is 12.7. The van der Waals surface area contributed by atoms with Crippen molar-refractivity contribution < 1.29 is 18.1 Å². The third kappa shape index (κ3) is 3.96. The second kappa shape index (κ2) is 7.99. The van der Waals surface area contributed by atoms with E-state index < -0.39 is 13.3 Å². The Balaban J connectivity index is 1.32. The fraction of sp³-hybridized carbons (Fsp3) is 0.682. The quantitative estimate of drug-likeness (QED) is 0.711. The summed E-state index contributed by atoms with van der Waals surface area (Å²) in [5.74, 6) is -0.755. The molecule has 2 saturated carbocycles. The van der Waals surface area contributed by atoms with Crippen molar-refractivity contribution in [3.05, 3.63) is 29.6 Å². The normalized spacial score (nSPS) is 34.3. The summed E-state index contributed by atoms with van der Waals surface area (Å²) in [5.41, 5.74) is 6.71. The molecular formula is C22H30F2N3O2P. The third-order valence-corrected chi connectivity index (χ3v) is 10.6. The zero-order valence-corrected chi connectivity index (χ0v) is 18.1. The Morgan fingerprint density at radius 3 is 2.63 bits per heavy atom. The zero-order valence-electron chi connectivity index (χ0n) is 17.2. The van der Waals surface area contributed by atoms with Gasteiger partial charge in [-0.1, -0.05) is 6.07 Å². The number of rotatable bonds is 4. The van der Waals surface area contributed by atoms with Crippen LogP contribution in [0.2, 0.25) is 0 Å². The van der Waals surface area contributed by atoms with E-state index >= 15 is 0 Å². The van der Waals surface area contributed by atoms with Gasteiger partial charge in [0.05, 0.1) is 0 Å². The Hall–Kier alpha value is -1.30. The standard InChI is InChI=1S/C22H30F2N3O2P/c23-15-2-5-17-18(13-15)22(28)26-25-20(17)11-14-1-6-19(24)21(12-14)30(29)9-7-27(8-10-30)16-3-4-16/h1,6,12,15-18,20,25H,2-5,7-11,13H2,(H,26,28). The zero-order chi connectivity index (χ0) is 20.9. The number of hydrogen-bond donors (Lipinski definition) is 2. The minimum absolute atomic E-state index is 0.0313. The maximum atomic E-state index is 14.7. The van der Waals surface area contributed by atoms with Crippen LogP contribution in [0.4, 0.5) is 8.78 Å². The molecule has 0 radical (unpaired) electrons. The highest BCUT2D eigenvalue weighted by Crippen LogP contribution is 2.48. The van der Waals surface area contributed by atoms with Gasteiger partial charge in [-0.3, -0.25) is 15.1 Å². The molecule has 1 aromatic rings. The van der Waals surface area contributed by atoms with Crippen LogP contribution in [0.1, 0.15) is 37.7 Å². The van der Waals surface area contributed by atoms with Crippen molar-refractivity contribution in [1.82, 2.24) is 15.8 Å². The molecular weight excluding hydrogens is 407 g/mol. The predicted molar refractivity (Wildman–Crippen MR) is 112 cm³/mol. The summed E-state index contributed by atoms with van der Waals surface area (Å²) in [7, 11) is -2.74. The Morgan fingerprint density at radius 1 is 1.13 bits per heavy atom. The molecule has 2 aliphatic carbocycles. The Morgan fingerprint density at radius 2 is 1.90 bits per heavy atom. The smallest absolute Gasteiger partial charge is 0.237 e. The average Bonchev–Trinajstić information content (AvgIpc) is 3.57. The molecule has 30 heavy (non-hydrogen) atoms. The molecule has 4 unspecified atom stereocenters. The van der Waals surface area contributed by atoms with Gasteiger partial charge in [-0.25, -0.2) is 14.2 Å². The molecule has 2 N–H and O–H groups in total. The average molecular weight is 437 g/mol. The van der Waals surface area contributed by atoms with Gasteiger partial charge in [0.25, 0.3) is 0 Å². The molecule has 2 heterocycles. The number of amides is 1. The van der Waals surface area contributed by atoms with Crippen LogP contribution in [-0.2, 0) is 15.8 Å². The molecule has 2 saturated heterocycles. The highest BCUT2D eigenvalue weighted by atomic mass is 31.2. The largest absolute Gasteiger partial charge is 0.318 e. The molecule has 0 aromatic heterocycles. The molecule has 0 bridgehead atoms. The van der Waals surface area contributed by atoms with E-state index in [-0.39, 0.29) is 36.0 Å². The van der Waals surface area contributed by atoms with Gasteiger partial charge in [-0.2, -0.15) is 0 Å². The van der Waals surface area contributed by atoms with Crippen molar-refractivity contribution >= 4 is 18.4 Å². The fourth-order valence-electron chi connectivity index (χ4n) is 5.59. The molecule has 5 rings (SSSR count). The van der Waals surface area contributed by atoms with Crippen LogP contribution >= 0.6 is 7.14 Å². The van der Waals surface area contributed by atoms with E-state index in [0.717, 1.165) is 18.7 Å². The first-order valence-corrected chi connectivity index (χ1v) is 13.3. The Kier molecular flexibility index (Phi) is 5.49. The number of fused-ring (bicyclic) bond motifs is 1. The maximum absolute atomic E-state index is 14.7. The molecule has 1 aromatic carbocycles. The van der Waals surface area contributed by atoms with Crippen LogP contribution < -0.4 is 16.2 Å². The van der Waals surface area contributed by atoms with E-state index in [9.17, 15) is 18.1 Å². The molecule has 0 spiro atoms. The molecule has 4 atom stereocenters. The summed E-state index contributed by atoms with van der Waals surface area (Å²) in [6.45, 7) is 1.58. The monoisotopic (exact) mass is 437 g/mol.